The van der Waals surface area contributed by atoms with Gasteiger partial charge in [-0.1, -0.05) is 12.1 Å². The lowest BCUT2D eigenvalue weighted by Gasteiger charge is -2.23. The molecule has 0 radical (unpaired) electrons. The summed E-state index contributed by atoms with van der Waals surface area (Å²) in [6.07, 6.45) is 0.952. The molecule has 4 nitrogen and oxygen atoms in total. The Hall–Kier alpha value is -1.10. The molecule has 0 aliphatic heterocycles. The molecule has 0 spiro atoms. The molecule has 0 aromatic heterocycles. The number of methoxy groups -OCH3 is 1. The number of hydrogen-bond donors (Lipinski definition) is 1. The van der Waals surface area contributed by atoms with Crippen molar-refractivity contribution in [2.24, 2.45) is 5.73 Å². The van der Waals surface area contributed by atoms with Crippen molar-refractivity contribution in [1.29, 1.82) is 0 Å². The molecule has 1 aromatic carbocycles. The van der Waals surface area contributed by atoms with Crippen LogP contribution in [0.2, 0.25) is 0 Å². The molecule has 0 bridgehead atoms. The summed E-state index contributed by atoms with van der Waals surface area (Å²) < 4.78 is 10.6. The van der Waals surface area contributed by atoms with Crippen LogP contribution in [-0.2, 0) is 16.0 Å². The van der Waals surface area contributed by atoms with Crippen molar-refractivity contribution in [2.75, 3.05) is 44.9 Å². The van der Waals surface area contributed by atoms with Crippen LogP contribution in [0.4, 0.5) is 5.69 Å². The Morgan fingerprint density at radius 3 is 2.42 bits per heavy atom. The highest BCUT2D eigenvalue weighted by Crippen LogP contribution is 2.14. The molecule has 0 atom stereocenters. The van der Waals surface area contributed by atoms with Gasteiger partial charge in [0.25, 0.3) is 0 Å². The van der Waals surface area contributed by atoms with Crippen LogP contribution < -0.4 is 10.6 Å². The van der Waals surface area contributed by atoms with Crippen molar-refractivity contribution >= 4 is 5.69 Å². The highest BCUT2D eigenvalue weighted by molar-refractivity contribution is 5.47. The molecule has 2 N–H and O–H groups in total. The Labute approximate surface area is 116 Å². The molecule has 108 valence electrons. The van der Waals surface area contributed by atoms with E-state index in [0.29, 0.717) is 6.54 Å². The SMILES string of the molecule is CCN(CCOCCCOC)c1ccc(CN)cc1. The first-order valence-electron chi connectivity index (χ1n) is 6.92. The van der Waals surface area contributed by atoms with Crippen molar-refractivity contribution in [1.82, 2.24) is 0 Å². The minimum absolute atomic E-state index is 0.592. The molecule has 0 saturated carbocycles. The molecular formula is C15H26N2O2. The molecule has 0 saturated heterocycles. The number of likely N-dealkylation sites (N-methyl/N-ethyl adjacent to an activating group) is 1. The zero-order chi connectivity index (χ0) is 13.9. The van der Waals surface area contributed by atoms with E-state index in [-0.39, 0.29) is 0 Å². The largest absolute Gasteiger partial charge is 0.385 e. The van der Waals surface area contributed by atoms with Crippen molar-refractivity contribution in [2.45, 2.75) is 19.9 Å². The van der Waals surface area contributed by atoms with Gasteiger partial charge < -0.3 is 20.1 Å². The lowest BCUT2D eigenvalue weighted by Crippen LogP contribution is -2.27. The second-order valence-corrected chi connectivity index (χ2v) is 4.41. The van der Waals surface area contributed by atoms with Crippen molar-refractivity contribution in [3.63, 3.8) is 0 Å². The molecule has 1 rings (SSSR count). The van der Waals surface area contributed by atoms with Gasteiger partial charge >= 0.3 is 0 Å². The molecule has 1 aromatic rings. The third kappa shape index (κ3) is 6.05. The lowest BCUT2D eigenvalue weighted by molar-refractivity contribution is 0.107. The Balaban J connectivity index is 2.31. The molecule has 4 heteroatoms. The Morgan fingerprint density at radius 1 is 1.11 bits per heavy atom. The quantitative estimate of drug-likeness (QED) is 0.658. The van der Waals surface area contributed by atoms with Crippen molar-refractivity contribution in [3.05, 3.63) is 29.8 Å². The van der Waals surface area contributed by atoms with Gasteiger partial charge in [0.2, 0.25) is 0 Å². The zero-order valence-corrected chi connectivity index (χ0v) is 12.1. The van der Waals surface area contributed by atoms with Gasteiger partial charge in [0.05, 0.1) is 6.61 Å². The summed E-state index contributed by atoms with van der Waals surface area (Å²) in [6, 6.07) is 8.40. The van der Waals surface area contributed by atoms with E-state index in [4.69, 9.17) is 15.2 Å². The van der Waals surface area contributed by atoms with E-state index >= 15 is 0 Å². The number of hydrogen-bond acceptors (Lipinski definition) is 4. The maximum Gasteiger partial charge on any atom is 0.0641 e. The summed E-state index contributed by atoms with van der Waals surface area (Å²) >= 11 is 0. The van der Waals surface area contributed by atoms with Crippen molar-refractivity contribution in [3.8, 4) is 0 Å². The summed E-state index contributed by atoms with van der Waals surface area (Å²) in [6.45, 7) is 6.90. The van der Waals surface area contributed by atoms with Gasteiger partial charge in [-0.05, 0) is 31.0 Å². The second kappa shape index (κ2) is 9.78. The van der Waals surface area contributed by atoms with Gasteiger partial charge in [0, 0.05) is 45.6 Å². The molecule has 0 fully saturated rings. The van der Waals surface area contributed by atoms with E-state index in [1.165, 1.54) is 5.69 Å². The normalized spacial score (nSPS) is 10.7. The topological polar surface area (TPSA) is 47.7 Å². The van der Waals surface area contributed by atoms with Crippen LogP contribution in [0.5, 0.6) is 0 Å². The molecule has 19 heavy (non-hydrogen) atoms. The fourth-order valence-corrected chi connectivity index (χ4v) is 1.89. The van der Waals surface area contributed by atoms with E-state index < -0.39 is 0 Å². The van der Waals surface area contributed by atoms with E-state index in [9.17, 15) is 0 Å². The highest BCUT2D eigenvalue weighted by Gasteiger charge is 2.03. The summed E-state index contributed by atoms with van der Waals surface area (Å²) in [7, 11) is 1.71. The molecule has 0 amide bonds. The summed E-state index contributed by atoms with van der Waals surface area (Å²) in [5, 5.41) is 0. The molecule has 0 aliphatic carbocycles. The van der Waals surface area contributed by atoms with E-state index in [1.54, 1.807) is 7.11 Å². The molecule has 0 heterocycles. The first-order chi connectivity index (χ1) is 9.31. The third-order valence-corrected chi connectivity index (χ3v) is 3.06. The predicted octanol–water partition coefficient (Wildman–Crippen LogP) is 2.02. The molecule has 0 unspecified atom stereocenters. The Kier molecular flexibility index (Phi) is 8.21. The van der Waals surface area contributed by atoms with Crippen LogP contribution >= 0.6 is 0 Å². The Morgan fingerprint density at radius 2 is 1.84 bits per heavy atom. The van der Waals surface area contributed by atoms with Gasteiger partial charge in [0.15, 0.2) is 0 Å². The number of nitrogens with two attached hydrogens (primary N) is 1. The van der Waals surface area contributed by atoms with Gasteiger partial charge in [0.1, 0.15) is 0 Å². The van der Waals surface area contributed by atoms with Crippen molar-refractivity contribution < 1.29 is 9.47 Å². The van der Waals surface area contributed by atoms with E-state index in [1.807, 2.05) is 0 Å². The summed E-state index contributed by atoms with van der Waals surface area (Å²) in [5.41, 5.74) is 7.99. The van der Waals surface area contributed by atoms with E-state index in [2.05, 4.69) is 36.1 Å². The summed E-state index contributed by atoms with van der Waals surface area (Å²) in [5.74, 6) is 0. The number of ether oxygens (including phenoxy) is 2. The number of anilines is 1. The van der Waals surface area contributed by atoms with Gasteiger partial charge in [-0.3, -0.25) is 0 Å². The fraction of sp³-hybridized carbons (Fsp3) is 0.600. The minimum Gasteiger partial charge on any atom is -0.385 e. The van der Waals surface area contributed by atoms with Gasteiger partial charge in [-0.2, -0.15) is 0 Å². The minimum atomic E-state index is 0.592. The number of rotatable bonds is 10. The van der Waals surface area contributed by atoms with E-state index in [0.717, 1.165) is 44.9 Å². The third-order valence-electron chi connectivity index (χ3n) is 3.06. The highest BCUT2D eigenvalue weighted by atomic mass is 16.5. The van der Waals surface area contributed by atoms with Crippen LogP contribution in [0.25, 0.3) is 0 Å². The van der Waals surface area contributed by atoms with Crippen LogP contribution in [0.15, 0.2) is 24.3 Å². The fourth-order valence-electron chi connectivity index (χ4n) is 1.89. The van der Waals surface area contributed by atoms with Crippen LogP contribution in [0.1, 0.15) is 18.9 Å². The summed E-state index contributed by atoms with van der Waals surface area (Å²) in [4.78, 5) is 2.30. The molecule has 0 aliphatic rings. The van der Waals surface area contributed by atoms with Gasteiger partial charge in [-0.15, -0.1) is 0 Å². The van der Waals surface area contributed by atoms with Crippen LogP contribution in [0, 0.1) is 0 Å². The van der Waals surface area contributed by atoms with Gasteiger partial charge in [-0.25, -0.2) is 0 Å². The average molecular weight is 266 g/mol. The monoisotopic (exact) mass is 266 g/mol. The van der Waals surface area contributed by atoms with Crippen LogP contribution in [0.3, 0.4) is 0 Å². The standard InChI is InChI=1S/C15H26N2O2/c1-3-17(9-12-19-11-4-10-18-2)15-7-5-14(13-16)6-8-15/h5-8H,3-4,9-13,16H2,1-2H3. The predicted molar refractivity (Wildman–Crippen MR) is 79.5 cm³/mol. The lowest BCUT2D eigenvalue weighted by atomic mass is 10.2. The average Bonchev–Trinajstić information content (AvgIpc) is 2.47. The number of benzene rings is 1. The first kappa shape index (κ1) is 16.0. The smallest absolute Gasteiger partial charge is 0.0641 e. The number of nitrogens with zero attached hydrogens (tertiary/aromatic N) is 1. The Bertz CT molecular complexity index is 327. The maximum absolute atomic E-state index is 5.60. The first-order valence-corrected chi connectivity index (χ1v) is 6.92. The van der Waals surface area contributed by atoms with Crippen LogP contribution in [-0.4, -0.2) is 40.0 Å². The molecular weight excluding hydrogens is 240 g/mol. The zero-order valence-electron chi connectivity index (χ0n) is 12.1. The maximum atomic E-state index is 5.60. The second-order valence-electron chi connectivity index (χ2n) is 4.41.